The molecule has 24 heavy (non-hydrogen) atoms. The van der Waals surface area contributed by atoms with Gasteiger partial charge in [0, 0.05) is 18.5 Å². The van der Waals surface area contributed by atoms with E-state index in [1.165, 1.54) is 31.3 Å². The third-order valence-corrected chi connectivity index (χ3v) is 5.44. The second-order valence-electron chi connectivity index (χ2n) is 5.17. The molecule has 0 aliphatic rings. The second kappa shape index (κ2) is 8.28. The lowest BCUT2D eigenvalue weighted by atomic mass is 10.2. The third kappa shape index (κ3) is 5.06. The van der Waals surface area contributed by atoms with Crippen LogP contribution in [0.4, 0.5) is 0 Å². The zero-order valence-electron chi connectivity index (χ0n) is 13.2. The van der Waals surface area contributed by atoms with E-state index in [1.807, 2.05) is 30.3 Å². The Morgan fingerprint density at radius 1 is 1.08 bits per heavy atom. The molecule has 2 rings (SSSR count). The van der Waals surface area contributed by atoms with E-state index < -0.39 is 16.0 Å². The number of ether oxygens (including phenoxy) is 1. The maximum absolute atomic E-state index is 12.3. The van der Waals surface area contributed by atoms with Crippen LogP contribution in [0, 0.1) is 0 Å². The second-order valence-corrected chi connectivity index (χ2v) is 7.65. The monoisotopic (exact) mass is 367 g/mol. The number of likely N-dealkylation sites (N-methyl/N-ethyl adjacent to an activating group) is 1. The lowest BCUT2D eigenvalue weighted by Gasteiger charge is -2.16. The molecular formula is C17H18ClNO4S. The third-order valence-electron chi connectivity index (χ3n) is 3.37. The van der Waals surface area contributed by atoms with E-state index in [0.29, 0.717) is 11.4 Å². The predicted octanol–water partition coefficient (Wildman–Crippen LogP) is 2.75. The van der Waals surface area contributed by atoms with Crippen molar-refractivity contribution < 1.29 is 17.9 Å². The molecule has 0 spiro atoms. The number of rotatable bonds is 7. The first-order valence-corrected chi connectivity index (χ1v) is 9.13. The fourth-order valence-corrected chi connectivity index (χ4v) is 3.27. The molecule has 7 heteroatoms. The number of benzene rings is 2. The number of nitrogens with zero attached hydrogens (tertiary/aromatic N) is 1. The minimum Gasteiger partial charge on any atom is -0.464 e. The zero-order chi connectivity index (χ0) is 17.6. The Balaban J connectivity index is 1.87. The highest BCUT2D eigenvalue weighted by atomic mass is 35.5. The van der Waals surface area contributed by atoms with Gasteiger partial charge in [0.2, 0.25) is 10.0 Å². The fraction of sp³-hybridized carbons (Fsp3) is 0.235. The summed E-state index contributed by atoms with van der Waals surface area (Å²) >= 11 is 5.75. The Kier molecular flexibility index (Phi) is 6.36. The van der Waals surface area contributed by atoms with Crippen LogP contribution in [0.5, 0.6) is 0 Å². The van der Waals surface area contributed by atoms with Crippen LogP contribution in [0.3, 0.4) is 0 Å². The van der Waals surface area contributed by atoms with Crippen molar-refractivity contribution in [2.75, 3.05) is 20.2 Å². The number of hydrogen-bond donors (Lipinski definition) is 0. The van der Waals surface area contributed by atoms with Crippen molar-refractivity contribution in [3.63, 3.8) is 0 Å². The smallest absolute Gasteiger partial charge is 0.321 e. The molecule has 5 nitrogen and oxygen atoms in total. The van der Waals surface area contributed by atoms with E-state index in [0.717, 1.165) is 9.87 Å². The molecule has 0 aromatic heterocycles. The van der Waals surface area contributed by atoms with E-state index in [2.05, 4.69) is 0 Å². The van der Waals surface area contributed by atoms with Gasteiger partial charge in [-0.1, -0.05) is 41.9 Å². The molecule has 0 aliphatic heterocycles. The van der Waals surface area contributed by atoms with Crippen LogP contribution in [-0.4, -0.2) is 38.9 Å². The molecule has 0 amide bonds. The number of esters is 1. The van der Waals surface area contributed by atoms with Crippen molar-refractivity contribution >= 4 is 27.6 Å². The van der Waals surface area contributed by atoms with Crippen molar-refractivity contribution in [2.45, 2.75) is 11.3 Å². The Labute approximate surface area is 146 Å². The molecule has 0 heterocycles. The predicted molar refractivity (Wildman–Crippen MR) is 92.4 cm³/mol. The molecule has 0 atom stereocenters. The average molecular weight is 368 g/mol. The minimum absolute atomic E-state index is 0.0754. The van der Waals surface area contributed by atoms with Gasteiger partial charge in [-0.05, 0) is 29.8 Å². The summed E-state index contributed by atoms with van der Waals surface area (Å²) in [5, 5.41) is 0.442. The standard InChI is InChI=1S/C17H18ClNO4S/c1-19(24(21,22)16-9-7-15(18)8-10-16)13-17(20)23-12-11-14-5-3-2-4-6-14/h2-10H,11-13H2,1H3. The highest BCUT2D eigenvalue weighted by Gasteiger charge is 2.23. The molecule has 0 saturated heterocycles. The van der Waals surface area contributed by atoms with Crippen LogP contribution >= 0.6 is 11.6 Å². The highest BCUT2D eigenvalue weighted by molar-refractivity contribution is 7.89. The normalized spacial score (nSPS) is 11.5. The number of carbonyl (C=O) groups is 1. The van der Waals surface area contributed by atoms with E-state index in [1.54, 1.807) is 0 Å². The Morgan fingerprint density at radius 2 is 1.71 bits per heavy atom. The van der Waals surface area contributed by atoms with Crippen LogP contribution in [-0.2, 0) is 26.0 Å². The van der Waals surface area contributed by atoms with E-state index >= 15 is 0 Å². The number of sulfonamides is 1. The minimum atomic E-state index is -3.75. The summed E-state index contributed by atoms with van der Waals surface area (Å²) in [6.45, 7) is -0.141. The maximum Gasteiger partial charge on any atom is 0.321 e. The van der Waals surface area contributed by atoms with Crippen molar-refractivity contribution in [1.29, 1.82) is 0 Å². The topological polar surface area (TPSA) is 63.7 Å². The SMILES string of the molecule is CN(CC(=O)OCCc1ccccc1)S(=O)(=O)c1ccc(Cl)cc1. The van der Waals surface area contributed by atoms with Gasteiger partial charge in [-0.2, -0.15) is 4.31 Å². The number of halogens is 1. The lowest BCUT2D eigenvalue weighted by molar-refractivity contribution is -0.143. The molecule has 2 aromatic carbocycles. The summed E-state index contributed by atoms with van der Waals surface area (Å²) in [7, 11) is -2.42. The highest BCUT2D eigenvalue weighted by Crippen LogP contribution is 2.17. The van der Waals surface area contributed by atoms with Crippen LogP contribution < -0.4 is 0 Å². The quantitative estimate of drug-likeness (QED) is 0.706. The molecule has 0 unspecified atom stereocenters. The molecule has 0 radical (unpaired) electrons. The Bertz CT molecular complexity index is 776. The van der Waals surface area contributed by atoms with Crippen LogP contribution in [0.2, 0.25) is 5.02 Å². The van der Waals surface area contributed by atoms with Crippen LogP contribution in [0.15, 0.2) is 59.5 Å². The first-order valence-electron chi connectivity index (χ1n) is 7.31. The summed E-state index contributed by atoms with van der Waals surface area (Å²) in [5.74, 6) is -0.592. The molecule has 0 bridgehead atoms. The van der Waals surface area contributed by atoms with Crippen molar-refractivity contribution in [3.8, 4) is 0 Å². The molecule has 0 fully saturated rings. The number of carbonyl (C=O) groups excluding carboxylic acids is 1. The van der Waals surface area contributed by atoms with Gasteiger partial charge < -0.3 is 4.74 Å². The van der Waals surface area contributed by atoms with Gasteiger partial charge in [0.1, 0.15) is 6.54 Å². The van der Waals surface area contributed by atoms with Gasteiger partial charge in [0.05, 0.1) is 11.5 Å². The first kappa shape index (κ1) is 18.4. The molecule has 0 aliphatic carbocycles. The van der Waals surface area contributed by atoms with Crippen LogP contribution in [0.25, 0.3) is 0 Å². The summed E-state index contributed by atoms with van der Waals surface area (Å²) in [5.41, 5.74) is 1.05. The summed E-state index contributed by atoms with van der Waals surface area (Å²) in [6.07, 6.45) is 0.584. The van der Waals surface area contributed by atoms with Crippen LogP contribution in [0.1, 0.15) is 5.56 Å². The van der Waals surface area contributed by atoms with E-state index in [4.69, 9.17) is 16.3 Å². The van der Waals surface area contributed by atoms with Gasteiger partial charge >= 0.3 is 5.97 Å². The average Bonchev–Trinajstić information content (AvgIpc) is 2.56. The Hall–Kier alpha value is -1.89. The summed E-state index contributed by atoms with van der Waals surface area (Å²) in [6, 6.07) is 15.4. The lowest BCUT2D eigenvalue weighted by Crippen LogP contribution is -2.33. The molecule has 128 valence electrons. The van der Waals surface area contributed by atoms with Gasteiger partial charge in [-0.3, -0.25) is 4.79 Å². The largest absolute Gasteiger partial charge is 0.464 e. The van der Waals surface area contributed by atoms with Crippen molar-refractivity contribution in [1.82, 2.24) is 4.31 Å². The molecular weight excluding hydrogens is 350 g/mol. The van der Waals surface area contributed by atoms with Crippen molar-refractivity contribution in [2.24, 2.45) is 0 Å². The molecule has 0 N–H and O–H groups in total. The summed E-state index contributed by atoms with van der Waals surface area (Å²) < 4.78 is 30.8. The van der Waals surface area contributed by atoms with Gasteiger partial charge in [0.15, 0.2) is 0 Å². The zero-order valence-corrected chi connectivity index (χ0v) is 14.8. The van der Waals surface area contributed by atoms with Gasteiger partial charge in [-0.15, -0.1) is 0 Å². The van der Waals surface area contributed by atoms with E-state index in [-0.39, 0.29) is 18.0 Å². The summed E-state index contributed by atoms with van der Waals surface area (Å²) in [4.78, 5) is 11.9. The Morgan fingerprint density at radius 3 is 2.33 bits per heavy atom. The van der Waals surface area contributed by atoms with Gasteiger partial charge in [-0.25, -0.2) is 8.42 Å². The number of hydrogen-bond acceptors (Lipinski definition) is 4. The fourth-order valence-electron chi connectivity index (χ4n) is 2.03. The van der Waals surface area contributed by atoms with Crippen molar-refractivity contribution in [3.05, 3.63) is 65.2 Å². The molecule has 0 saturated carbocycles. The maximum atomic E-state index is 12.3. The first-order chi connectivity index (χ1) is 11.4. The molecule has 2 aromatic rings. The van der Waals surface area contributed by atoms with Gasteiger partial charge in [0.25, 0.3) is 0 Å². The van der Waals surface area contributed by atoms with E-state index in [9.17, 15) is 13.2 Å².